The van der Waals surface area contributed by atoms with Crippen molar-refractivity contribution >= 4 is 21.5 Å². The van der Waals surface area contributed by atoms with E-state index in [0.29, 0.717) is 4.99 Å². The molecule has 0 rings (SSSR count). The minimum atomic E-state index is 0.481. The fourth-order valence-electron chi connectivity index (χ4n) is 0.163. The summed E-state index contributed by atoms with van der Waals surface area (Å²) in [6.07, 6.45) is 0. The molecule has 0 bridgehead atoms. The quantitative estimate of drug-likeness (QED) is 0.230. The zero-order valence-corrected chi connectivity index (χ0v) is 5.09. The van der Waals surface area contributed by atoms with Gasteiger partial charge in [0.1, 0.15) is 0 Å². The third kappa shape index (κ3) is 3.42. The van der Waals surface area contributed by atoms with E-state index in [1.54, 1.807) is 6.92 Å². The molecular weight excluding hydrogens is 126 g/mol. The first-order chi connectivity index (χ1) is 3.81. The van der Waals surface area contributed by atoms with Crippen molar-refractivity contribution in [2.24, 2.45) is 5.11 Å². The van der Waals surface area contributed by atoms with Gasteiger partial charge in [0.05, 0.1) is 10.5 Å². The van der Waals surface area contributed by atoms with Gasteiger partial charge in [-0.05, 0) is 12.5 Å². The SMILES string of the molecule is CC(N=[N+]=[N-])=S=CO. The molecule has 0 aromatic heterocycles. The second-order valence-electron chi connectivity index (χ2n) is 0.932. The van der Waals surface area contributed by atoms with Crippen LogP contribution in [-0.2, 0) is 0 Å². The van der Waals surface area contributed by atoms with Crippen LogP contribution in [0, 0.1) is 0 Å². The number of hydrogen-bond acceptors (Lipinski definition) is 0. The minimum absolute atomic E-state index is 0.481. The molecule has 0 aliphatic carbocycles. The third-order valence-electron chi connectivity index (χ3n) is 0.409. The molecule has 0 saturated heterocycles. The molecule has 0 aromatic rings. The lowest BCUT2D eigenvalue weighted by Crippen LogP contribution is -1.72. The third-order valence-corrected chi connectivity index (χ3v) is 0.937. The largest absolute Gasteiger partial charge is 0.358 e. The molecule has 44 valence electrons. The van der Waals surface area contributed by atoms with Crippen molar-refractivity contribution in [3.8, 4) is 0 Å². The van der Waals surface area contributed by atoms with Crippen molar-refractivity contribution in [2.75, 3.05) is 0 Å². The summed E-state index contributed by atoms with van der Waals surface area (Å²) < 4.78 is 0. The molecule has 0 atom stereocenters. The average molecular weight is 131 g/mol. The maximum atomic E-state index is 8.10. The van der Waals surface area contributed by atoms with Crippen LogP contribution >= 0.6 is 10.9 Å². The number of rotatable bonds is 0. The Balaban J connectivity index is 4.23. The number of hydrogen-bond donors (Lipinski definition) is 1. The number of nitrogens with zero attached hydrogens (tertiary/aromatic N) is 3. The predicted molar refractivity (Wildman–Crippen MR) is 36.1 cm³/mol. The summed E-state index contributed by atoms with van der Waals surface area (Å²) in [5.74, 6) is 0. The summed E-state index contributed by atoms with van der Waals surface area (Å²) in [5, 5.41) is 11.3. The van der Waals surface area contributed by atoms with Gasteiger partial charge in [-0.25, -0.2) is 0 Å². The maximum Gasteiger partial charge on any atom is 0.0876 e. The molecule has 0 radical (unpaired) electrons. The van der Waals surface area contributed by atoms with Crippen LogP contribution in [-0.4, -0.2) is 15.6 Å². The van der Waals surface area contributed by atoms with E-state index in [4.69, 9.17) is 10.6 Å². The van der Waals surface area contributed by atoms with Gasteiger partial charge in [-0.1, -0.05) is 5.11 Å². The molecule has 0 aliphatic rings. The molecule has 4 nitrogen and oxygen atoms in total. The number of azide groups is 1. The Morgan fingerprint density at radius 2 is 2.62 bits per heavy atom. The average Bonchev–Trinajstić information content (AvgIpc) is 1.68. The van der Waals surface area contributed by atoms with Gasteiger partial charge in [0, 0.05) is 4.91 Å². The second-order valence-corrected chi connectivity index (χ2v) is 1.97. The molecule has 0 saturated carbocycles. The van der Waals surface area contributed by atoms with E-state index in [1.807, 2.05) is 0 Å². The maximum absolute atomic E-state index is 8.10. The van der Waals surface area contributed by atoms with Crippen LogP contribution in [0.5, 0.6) is 0 Å². The summed E-state index contributed by atoms with van der Waals surface area (Å²) in [6, 6.07) is 0. The van der Waals surface area contributed by atoms with Crippen molar-refractivity contribution < 1.29 is 5.11 Å². The second kappa shape index (κ2) is 4.39. The Morgan fingerprint density at radius 3 is 3.00 bits per heavy atom. The predicted octanol–water partition coefficient (Wildman–Crippen LogP) is 1.50. The van der Waals surface area contributed by atoms with Crippen molar-refractivity contribution in [2.45, 2.75) is 6.92 Å². The van der Waals surface area contributed by atoms with E-state index in [-0.39, 0.29) is 0 Å². The van der Waals surface area contributed by atoms with E-state index in [1.165, 1.54) is 0 Å². The summed E-state index contributed by atoms with van der Waals surface area (Å²) in [6.45, 7) is 1.61. The molecule has 0 fully saturated rings. The molecule has 0 heterocycles. The molecule has 5 heteroatoms. The highest BCUT2D eigenvalue weighted by molar-refractivity contribution is 7.96. The Hall–Kier alpha value is -0.770. The molecule has 0 aliphatic heterocycles. The summed E-state index contributed by atoms with van der Waals surface area (Å²) in [4.78, 5) is 2.97. The van der Waals surface area contributed by atoms with Gasteiger partial charge in [-0.2, -0.15) is 0 Å². The lowest BCUT2D eigenvalue weighted by molar-refractivity contribution is 0.593. The van der Waals surface area contributed by atoms with Crippen LogP contribution in [0.25, 0.3) is 10.4 Å². The number of aliphatic hydroxyl groups is 1. The zero-order valence-electron chi connectivity index (χ0n) is 4.27. The molecular formula is C3H5N3OS. The fraction of sp³-hybridized carbons (Fsp3) is 0.333. The Kier molecular flexibility index (Phi) is 3.97. The van der Waals surface area contributed by atoms with E-state index in [0.717, 1.165) is 16.5 Å². The van der Waals surface area contributed by atoms with Gasteiger partial charge in [-0.3, -0.25) is 0 Å². The molecule has 8 heavy (non-hydrogen) atoms. The van der Waals surface area contributed by atoms with Crippen molar-refractivity contribution in [1.82, 2.24) is 0 Å². The summed E-state index contributed by atoms with van der Waals surface area (Å²) >= 11 is 0. The van der Waals surface area contributed by atoms with Gasteiger partial charge in [0.2, 0.25) is 0 Å². The van der Waals surface area contributed by atoms with Crippen molar-refractivity contribution in [3.05, 3.63) is 10.4 Å². The first-order valence-corrected chi connectivity index (χ1v) is 2.70. The molecule has 0 amide bonds. The van der Waals surface area contributed by atoms with Gasteiger partial charge < -0.3 is 5.11 Å². The molecule has 0 unspecified atom stereocenters. The fourth-order valence-corrected chi connectivity index (χ4v) is 0.399. The molecule has 0 spiro atoms. The Labute approximate surface area is 49.9 Å². The van der Waals surface area contributed by atoms with Crippen LogP contribution in [0.4, 0.5) is 0 Å². The number of aliphatic hydroxyl groups excluding tert-OH is 1. The van der Waals surface area contributed by atoms with Crippen LogP contribution in [0.15, 0.2) is 5.11 Å². The smallest absolute Gasteiger partial charge is 0.0876 e. The Bertz CT molecular complexity index is 175. The van der Waals surface area contributed by atoms with E-state index >= 15 is 0 Å². The van der Waals surface area contributed by atoms with Crippen molar-refractivity contribution in [3.63, 3.8) is 0 Å². The topological polar surface area (TPSA) is 69.0 Å². The van der Waals surface area contributed by atoms with E-state index in [9.17, 15) is 0 Å². The lowest BCUT2D eigenvalue weighted by Gasteiger charge is -1.72. The van der Waals surface area contributed by atoms with E-state index < -0.39 is 0 Å². The standard InChI is InChI=1S/C3H5N3OS/c1-3(5-6-4)8-2-7/h2,7H,1H3. The highest BCUT2D eigenvalue weighted by Gasteiger charge is 1.71. The van der Waals surface area contributed by atoms with Gasteiger partial charge in [-0.15, -0.1) is 10.9 Å². The van der Waals surface area contributed by atoms with Gasteiger partial charge >= 0.3 is 0 Å². The van der Waals surface area contributed by atoms with Gasteiger partial charge in [0.15, 0.2) is 0 Å². The normalized spacial score (nSPS) is 6.75. The molecule has 1 N–H and O–H groups in total. The minimum Gasteiger partial charge on any atom is -0.358 e. The first-order valence-electron chi connectivity index (χ1n) is 1.82. The van der Waals surface area contributed by atoms with Crippen LogP contribution in [0.3, 0.4) is 0 Å². The monoisotopic (exact) mass is 131 g/mol. The molecule has 0 aromatic carbocycles. The summed E-state index contributed by atoms with van der Waals surface area (Å²) in [5.41, 5.74) is 8.66. The Morgan fingerprint density at radius 1 is 2.00 bits per heavy atom. The zero-order chi connectivity index (χ0) is 6.41. The van der Waals surface area contributed by atoms with Crippen LogP contribution in [0.1, 0.15) is 6.92 Å². The lowest BCUT2D eigenvalue weighted by atomic mass is 10.8. The highest BCUT2D eigenvalue weighted by atomic mass is 32.1. The van der Waals surface area contributed by atoms with Gasteiger partial charge in [0.25, 0.3) is 0 Å². The van der Waals surface area contributed by atoms with Crippen molar-refractivity contribution in [1.29, 1.82) is 0 Å². The van der Waals surface area contributed by atoms with E-state index in [2.05, 4.69) is 10.0 Å². The van der Waals surface area contributed by atoms with Crippen LogP contribution in [0.2, 0.25) is 0 Å². The van der Waals surface area contributed by atoms with Crippen LogP contribution < -0.4 is 0 Å². The first kappa shape index (κ1) is 7.23. The summed E-state index contributed by atoms with van der Waals surface area (Å²) in [7, 11) is 0.983. The highest BCUT2D eigenvalue weighted by Crippen LogP contribution is 1.79.